The molecule has 0 radical (unpaired) electrons. The molecule has 0 aliphatic heterocycles. The molecule has 0 saturated heterocycles. The molecule has 0 unspecified atom stereocenters. The van der Waals surface area contributed by atoms with Crippen LogP contribution in [-0.4, -0.2) is 20.2 Å². The highest BCUT2D eigenvalue weighted by molar-refractivity contribution is 5.53. The van der Waals surface area contributed by atoms with Crippen molar-refractivity contribution in [3.63, 3.8) is 0 Å². The number of nitrogens with zero attached hydrogens (tertiary/aromatic N) is 4. The Labute approximate surface area is 118 Å². The van der Waals surface area contributed by atoms with Crippen LogP contribution in [0.25, 0.3) is 11.4 Å². The summed E-state index contributed by atoms with van der Waals surface area (Å²) in [5.74, 6) is 0.648. The van der Waals surface area contributed by atoms with Gasteiger partial charge in [-0.05, 0) is 24.6 Å². The third kappa shape index (κ3) is 2.20. The van der Waals surface area contributed by atoms with Crippen molar-refractivity contribution in [2.45, 2.75) is 19.4 Å². The molecule has 4 nitrogen and oxygen atoms in total. The third-order valence-corrected chi connectivity index (χ3v) is 3.43. The Kier molecular flexibility index (Phi) is 3.06. The topological polar surface area (TPSA) is 43.6 Å². The van der Waals surface area contributed by atoms with Crippen LogP contribution in [0.2, 0.25) is 0 Å². The molecule has 0 bridgehead atoms. The van der Waals surface area contributed by atoms with E-state index >= 15 is 0 Å². The Balaban J connectivity index is 1.98. The molecule has 100 valence electrons. The standard InChI is InChI=1S/C16H16N4/c1-16(2,14-11-7-4-8-12-14)20-18-15(17-19-20)13-9-5-3-6-10-13/h3-12H,1-2H3. The highest BCUT2D eigenvalue weighted by Gasteiger charge is 2.26. The van der Waals surface area contributed by atoms with E-state index in [2.05, 4.69) is 41.4 Å². The monoisotopic (exact) mass is 264 g/mol. The second-order valence-corrected chi connectivity index (χ2v) is 5.19. The maximum Gasteiger partial charge on any atom is 0.204 e. The van der Waals surface area contributed by atoms with Gasteiger partial charge < -0.3 is 0 Å². The quantitative estimate of drug-likeness (QED) is 0.730. The number of hydrogen-bond donors (Lipinski definition) is 0. The van der Waals surface area contributed by atoms with Crippen molar-refractivity contribution in [2.24, 2.45) is 0 Å². The highest BCUT2D eigenvalue weighted by Crippen LogP contribution is 2.24. The summed E-state index contributed by atoms with van der Waals surface area (Å²) in [5, 5.41) is 12.9. The zero-order valence-electron chi connectivity index (χ0n) is 11.6. The van der Waals surface area contributed by atoms with Gasteiger partial charge in [-0.3, -0.25) is 0 Å². The van der Waals surface area contributed by atoms with Crippen molar-refractivity contribution in [3.05, 3.63) is 66.2 Å². The molecule has 20 heavy (non-hydrogen) atoms. The summed E-state index contributed by atoms with van der Waals surface area (Å²) < 4.78 is 0. The van der Waals surface area contributed by atoms with Crippen LogP contribution in [0.4, 0.5) is 0 Å². The van der Waals surface area contributed by atoms with Crippen molar-refractivity contribution in [2.75, 3.05) is 0 Å². The van der Waals surface area contributed by atoms with Crippen LogP contribution < -0.4 is 0 Å². The normalized spacial score (nSPS) is 11.5. The van der Waals surface area contributed by atoms with Crippen molar-refractivity contribution < 1.29 is 0 Å². The molecule has 0 saturated carbocycles. The average Bonchev–Trinajstić information content (AvgIpc) is 3.00. The lowest BCUT2D eigenvalue weighted by Gasteiger charge is -2.23. The molecular weight excluding hydrogens is 248 g/mol. The van der Waals surface area contributed by atoms with Gasteiger partial charge in [-0.2, -0.15) is 4.80 Å². The predicted octanol–water partition coefficient (Wildman–Crippen LogP) is 3.12. The van der Waals surface area contributed by atoms with E-state index in [0.717, 1.165) is 11.1 Å². The van der Waals surface area contributed by atoms with E-state index in [1.54, 1.807) is 4.80 Å². The first kappa shape index (κ1) is 12.5. The van der Waals surface area contributed by atoms with E-state index in [1.165, 1.54) is 0 Å². The number of rotatable bonds is 3. The summed E-state index contributed by atoms with van der Waals surface area (Å²) in [6.07, 6.45) is 0. The summed E-state index contributed by atoms with van der Waals surface area (Å²) in [7, 11) is 0. The lowest BCUT2D eigenvalue weighted by atomic mass is 9.95. The average molecular weight is 264 g/mol. The number of aromatic nitrogens is 4. The zero-order chi connectivity index (χ0) is 14.0. The molecule has 0 fully saturated rings. The van der Waals surface area contributed by atoms with Gasteiger partial charge >= 0.3 is 0 Å². The highest BCUT2D eigenvalue weighted by atomic mass is 15.6. The fourth-order valence-corrected chi connectivity index (χ4v) is 2.12. The molecule has 4 heteroatoms. The van der Waals surface area contributed by atoms with Crippen LogP contribution in [0.1, 0.15) is 19.4 Å². The second-order valence-electron chi connectivity index (χ2n) is 5.19. The molecule has 3 aromatic rings. The van der Waals surface area contributed by atoms with Crippen molar-refractivity contribution >= 4 is 0 Å². The van der Waals surface area contributed by atoms with Crippen LogP contribution in [-0.2, 0) is 5.54 Å². The van der Waals surface area contributed by atoms with Crippen LogP contribution in [0.5, 0.6) is 0 Å². The fourth-order valence-electron chi connectivity index (χ4n) is 2.12. The maximum atomic E-state index is 4.52. The summed E-state index contributed by atoms with van der Waals surface area (Å²) in [5.41, 5.74) is 1.79. The molecule has 1 aromatic heterocycles. The van der Waals surface area contributed by atoms with Gasteiger partial charge in [0.15, 0.2) is 0 Å². The van der Waals surface area contributed by atoms with Crippen molar-refractivity contribution in [1.82, 2.24) is 20.2 Å². The van der Waals surface area contributed by atoms with Crippen molar-refractivity contribution in [1.29, 1.82) is 0 Å². The molecule has 0 amide bonds. The molecule has 3 rings (SSSR count). The van der Waals surface area contributed by atoms with Gasteiger partial charge in [0.2, 0.25) is 5.82 Å². The molecule has 2 aromatic carbocycles. The minimum atomic E-state index is -0.332. The Morgan fingerprint density at radius 2 is 1.45 bits per heavy atom. The lowest BCUT2D eigenvalue weighted by Crippen LogP contribution is -2.30. The van der Waals surface area contributed by atoms with Gasteiger partial charge in [-0.25, -0.2) is 0 Å². The van der Waals surface area contributed by atoms with E-state index in [-0.39, 0.29) is 5.54 Å². The zero-order valence-corrected chi connectivity index (χ0v) is 11.6. The molecule has 0 atom stereocenters. The SMILES string of the molecule is CC(C)(c1ccccc1)n1nnc(-c2ccccc2)n1. The molecule has 1 heterocycles. The third-order valence-electron chi connectivity index (χ3n) is 3.43. The van der Waals surface area contributed by atoms with Crippen LogP contribution in [0, 0.1) is 0 Å². The maximum absolute atomic E-state index is 4.52. The first-order valence-electron chi connectivity index (χ1n) is 6.59. The van der Waals surface area contributed by atoms with Crippen molar-refractivity contribution in [3.8, 4) is 11.4 Å². The van der Waals surface area contributed by atoms with E-state index < -0.39 is 0 Å². The number of tetrazole rings is 1. The molecular formula is C16H16N4. The van der Waals surface area contributed by atoms with E-state index in [9.17, 15) is 0 Å². The Morgan fingerprint density at radius 1 is 0.850 bits per heavy atom. The van der Waals surface area contributed by atoms with Crippen LogP contribution in [0.3, 0.4) is 0 Å². The number of benzene rings is 2. The lowest BCUT2D eigenvalue weighted by molar-refractivity contribution is 0.337. The summed E-state index contributed by atoms with van der Waals surface area (Å²) in [4.78, 5) is 1.67. The van der Waals surface area contributed by atoms with Crippen LogP contribution >= 0.6 is 0 Å². The van der Waals surface area contributed by atoms with Gasteiger partial charge in [-0.1, -0.05) is 60.7 Å². The molecule has 0 N–H and O–H groups in total. The van der Waals surface area contributed by atoms with Gasteiger partial charge in [-0.15, -0.1) is 10.2 Å². The van der Waals surface area contributed by atoms with E-state index in [1.807, 2.05) is 48.5 Å². The smallest absolute Gasteiger partial charge is 0.154 e. The second kappa shape index (κ2) is 4.89. The number of hydrogen-bond acceptors (Lipinski definition) is 3. The van der Waals surface area contributed by atoms with Gasteiger partial charge in [0.25, 0.3) is 0 Å². The largest absolute Gasteiger partial charge is 0.204 e. The Bertz CT molecular complexity index is 687. The van der Waals surface area contributed by atoms with E-state index in [4.69, 9.17) is 0 Å². The molecule has 0 spiro atoms. The Morgan fingerprint density at radius 3 is 2.10 bits per heavy atom. The first-order valence-corrected chi connectivity index (χ1v) is 6.59. The van der Waals surface area contributed by atoms with Gasteiger partial charge in [0, 0.05) is 5.56 Å². The van der Waals surface area contributed by atoms with Crippen LogP contribution in [0.15, 0.2) is 60.7 Å². The van der Waals surface area contributed by atoms with Gasteiger partial charge in [0.1, 0.15) is 5.54 Å². The predicted molar refractivity (Wildman–Crippen MR) is 78.1 cm³/mol. The van der Waals surface area contributed by atoms with Gasteiger partial charge in [0.05, 0.1) is 0 Å². The molecule has 0 aliphatic rings. The minimum absolute atomic E-state index is 0.332. The molecule has 0 aliphatic carbocycles. The fraction of sp³-hybridized carbons (Fsp3) is 0.188. The van der Waals surface area contributed by atoms with E-state index in [0.29, 0.717) is 5.82 Å². The summed E-state index contributed by atoms with van der Waals surface area (Å²) >= 11 is 0. The summed E-state index contributed by atoms with van der Waals surface area (Å²) in [6, 6.07) is 20.1. The first-order chi connectivity index (χ1) is 9.68. The Hall–Kier alpha value is -2.49. The minimum Gasteiger partial charge on any atom is -0.154 e. The summed E-state index contributed by atoms with van der Waals surface area (Å²) in [6.45, 7) is 4.16.